The van der Waals surface area contributed by atoms with Crippen LogP contribution in [0.1, 0.15) is 78.2 Å². The molecular formula is C27H38O4P+. The van der Waals surface area contributed by atoms with Gasteiger partial charge >= 0.3 is 15.1 Å². The monoisotopic (exact) mass is 457 g/mol. The van der Waals surface area contributed by atoms with Gasteiger partial charge in [-0.05, 0) is 73.3 Å². The first kappa shape index (κ1) is 27.7. The fraction of sp³-hybridized carbons (Fsp3) is 0.481. The van der Waals surface area contributed by atoms with E-state index < -0.39 is 11.9 Å². The van der Waals surface area contributed by atoms with Crippen LogP contribution in [-0.4, -0.2) is 18.4 Å². The van der Waals surface area contributed by atoms with E-state index >= 15 is 0 Å². The summed E-state index contributed by atoms with van der Waals surface area (Å²) in [6, 6.07) is 11.3. The SMILES string of the molecule is Cc1cc(C)c(C(=O)C(C(=O)OCC(C)CC(C)(C)C)c2ccccc2)c(C)c1C.O=[PH2+]. The number of esters is 1. The van der Waals surface area contributed by atoms with Crippen molar-refractivity contribution in [1.82, 2.24) is 0 Å². The molecule has 2 rings (SSSR count). The van der Waals surface area contributed by atoms with E-state index in [1.165, 1.54) is 9.12 Å². The number of ether oxygens (including phenoxy) is 1. The van der Waals surface area contributed by atoms with Crippen molar-refractivity contribution in [2.24, 2.45) is 11.3 Å². The molecule has 174 valence electrons. The smallest absolute Gasteiger partial charge is 0.321 e. The highest BCUT2D eigenvalue weighted by Gasteiger charge is 2.33. The normalized spacial score (nSPS) is 12.9. The molecule has 3 atom stereocenters. The average molecular weight is 458 g/mol. The minimum atomic E-state index is -0.951. The Balaban J connectivity index is 0.00000249. The van der Waals surface area contributed by atoms with Gasteiger partial charge in [-0.25, -0.2) is 0 Å². The zero-order chi connectivity index (χ0) is 24.6. The lowest BCUT2D eigenvalue weighted by atomic mass is 9.84. The molecule has 2 aromatic rings. The van der Waals surface area contributed by atoms with Crippen LogP contribution in [0.5, 0.6) is 0 Å². The Morgan fingerprint density at radius 2 is 1.50 bits per heavy atom. The Labute approximate surface area is 195 Å². The zero-order valence-corrected chi connectivity index (χ0v) is 21.9. The van der Waals surface area contributed by atoms with Crippen LogP contribution in [0.25, 0.3) is 0 Å². The Morgan fingerprint density at radius 1 is 0.938 bits per heavy atom. The van der Waals surface area contributed by atoms with Gasteiger partial charge in [0.2, 0.25) is 0 Å². The number of aryl methyl sites for hydroxylation is 2. The summed E-state index contributed by atoms with van der Waals surface area (Å²) in [6.45, 7) is 16.9. The molecule has 0 N–H and O–H groups in total. The maximum atomic E-state index is 13.7. The van der Waals surface area contributed by atoms with Crippen LogP contribution in [0.3, 0.4) is 0 Å². The molecule has 0 bridgehead atoms. The molecule has 0 fully saturated rings. The number of Topliss-reactive ketones (excluding diaryl/α,β-unsaturated/α-hetero) is 1. The maximum absolute atomic E-state index is 13.7. The number of hydrogen-bond acceptors (Lipinski definition) is 4. The van der Waals surface area contributed by atoms with Crippen LogP contribution in [0.15, 0.2) is 36.4 Å². The number of rotatable bonds is 7. The lowest BCUT2D eigenvalue weighted by Gasteiger charge is -2.24. The van der Waals surface area contributed by atoms with Crippen molar-refractivity contribution in [2.45, 2.75) is 67.7 Å². The fourth-order valence-electron chi connectivity index (χ4n) is 4.26. The summed E-state index contributed by atoms with van der Waals surface area (Å²) in [4.78, 5) is 26.8. The summed E-state index contributed by atoms with van der Waals surface area (Å²) >= 11 is 0. The van der Waals surface area contributed by atoms with Crippen molar-refractivity contribution < 1.29 is 18.9 Å². The topological polar surface area (TPSA) is 60.4 Å². The Morgan fingerprint density at radius 3 is 2.03 bits per heavy atom. The van der Waals surface area contributed by atoms with E-state index in [1.807, 2.05) is 64.1 Å². The molecular weight excluding hydrogens is 419 g/mol. The van der Waals surface area contributed by atoms with Gasteiger partial charge in [-0.15, -0.1) is 0 Å². The highest BCUT2D eigenvalue weighted by Crippen LogP contribution is 2.30. The van der Waals surface area contributed by atoms with E-state index in [1.54, 1.807) is 0 Å². The van der Waals surface area contributed by atoms with E-state index in [9.17, 15) is 9.59 Å². The number of ketones is 1. The molecule has 4 nitrogen and oxygen atoms in total. The molecule has 2 aromatic carbocycles. The van der Waals surface area contributed by atoms with Gasteiger partial charge in [-0.3, -0.25) is 9.59 Å². The van der Waals surface area contributed by atoms with E-state index in [0.29, 0.717) is 17.7 Å². The van der Waals surface area contributed by atoms with Crippen LogP contribution in [0, 0.1) is 39.0 Å². The van der Waals surface area contributed by atoms with Crippen molar-refractivity contribution in [3.8, 4) is 0 Å². The summed E-state index contributed by atoms with van der Waals surface area (Å²) < 4.78 is 13.8. The van der Waals surface area contributed by atoms with Crippen molar-refractivity contribution in [2.75, 3.05) is 6.61 Å². The average Bonchev–Trinajstić information content (AvgIpc) is 2.72. The van der Waals surface area contributed by atoms with Gasteiger partial charge in [0.15, 0.2) is 5.78 Å². The number of benzene rings is 2. The number of carbonyl (C=O) groups excluding carboxylic acids is 2. The van der Waals surface area contributed by atoms with Crippen LogP contribution >= 0.6 is 9.12 Å². The second-order valence-electron chi connectivity index (χ2n) is 9.84. The third kappa shape index (κ3) is 7.38. The number of hydrogen-bond donors (Lipinski definition) is 0. The molecule has 0 saturated carbocycles. The minimum Gasteiger partial charge on any atom is -0.465 e. The van der Waals surface area contributed by atoms with Crippen molar-refractivity contribution in [1.29, 1.82) is 0 Å². The second kappa shape index (κ2) is 12.1. The van der Waals surface area contributed by atoms with Crippen molar-refractivity contribution >= 4 is 20.9 Å². The summed E-state index contributed by atoms with van der Waals surface area (Å²) in [5.74, 6) is -1.38. The van der Waals surface area contributed by atoms with Crippen LogP contribution < -0.4 is 0 Å². The minimum absolute atomic E-state index is 0.161. The molecule has 5 heteroatoms. The van der Waals surface area contributed by atoms with Gasteiger partial charge in [0.25, 0.3) is 0 Å². The van der Waals surface area contributed by atoms with Gasteiger partial charge in [0.05, 0.1) is 6.61 Å². The van der Waals surface area contributed by atoms with Crippen LogP contribution in [0.2, 0.25) is 0 Å². The summed E-state index contributed by atoms with van der Waals surface area (Å²) in [6.07, 6.45) is 0.944. The van der Waals surface area contributed by atoms with Gasteiger partial charge in [0, 0.05) is 5.56 Å². The molecule has 0 aliphatic heterocycles. The molecule has 0 aliphatic carbocycles. The molecule has 3 unspecified atom stereocenters. The largest absolute Gasteiger partial charge is 0.465 e. The Kier molecular flexibility index (Phi) is 10.4. The van der Waals surface area contributed by atoms with Gasteiger partial charge in [-0.2, -0.15) is 0 Å². The lowest BCUT2D eigenvalue weighted by molar-refractivity contribution is -0.145. The third-order valence-corrected chi connectivity index (χ3v) is 5.70. The molecule has 32 heavy (non-hydrogen) atoms. The molecule has 0 spiro atoms. The highest BCUT2D eigenvalue weighted by molar-refractivity contribution is 7.00. The summed E-state index contributed by atoms with van der Waals surface area (Å²) in [5, 5.41) is 0. The first-order valence-corrected chi connectivity index (χ1v) is 11.5. The quantitative estimate of drug-likeness (QED) is 0.201. The Hall–Kier alpha value is -2.32. The third-order valence-electron chi connectivity index (χ3n) is 5.70. The van der Waals surface area contributed by atoms with E-state index in [0.717, 1.165) is 28.7 Å². The molecule has 0 heterocycles. The first-order chi connectivity index (χ1) is 14.9. The first-order valence-electron chi connectivity index (χ1n) is 11.0. The molecule has 0 radical (unpaired) electrons. The predicted molar refractivity (Wildman–Crippen MR) is 133 cm³/mol. The molecule has 0 saturated heterocycles. The van der Waals surface area contributed by atoms with Crippen molar-refractivity contribution in [3.63, 3.8) is 0 Å². The van der Waals surface area contributed by atoms with E-state index in [2.05, 4.69) is 27.7 Å². The predicted octanol–water partition coefficient (Wildman–Crippen LogP) is 6.71. The zero-order valence-electron chi connectivity index (χ0n) is 20.7. The molecule has 0 aromatic heterocycles. The van der Waals surface area contributed by atoms with Crippen LogP contribution in [0.4, 0.5) is 0 Å². The van der Waals surface area contributed by atoms with E-state index in [4.69, 9.17) is 9.30 Å². The molecule has 0 aliphatic rings. The summed E-state index contributed by atoms with van der Waals surface area (Å²) in [7, 11) is 1.17. The van der Waals surface area contributed by atoms with Crippen LogP contribution in [-0.2, 0) is 14.1 Å². The van der Waals surface area contributed by atoms with Crippen molar-refractivity contribution in [3.05, 3.63) is 69.8 Å². The lowest BCUT2D eigenvalue weighted by Crippen LogP contribution is -2.28. The van der Waals surface area contributed by atoms with E-state index in [-0.39, 0.29) is 17.1 Å². The number of carbonyl (C=O) groups is 2. The second-order valence-corrected chi connectivity index (χ2v) is 9.84. The Bertz CT molecular complexity index is 929. The van der Waals surface area contributed by atoms with Gasteiger partial charge in [0.1, 0.15) is 5.92 Å². The molecule has 0 amide bonds. The standard InChI is InChI=1S/C27H36O3.H2OP/c1-17(15-27(6,7)8)16-30-26(29)24(22-12-10-9-11-13-22)25(28)23-19(3)14-18(2)20(4)21(23)5;1-2/h9-14,17,24H,15-16H2,1-8H3;2H2/q;+1. The highest BCUT2D eigenvalue weighted by atomic mass is 31.0. The van der Waals surface area contributed by atoms with Gasteiger partial charge < -0.3 is 4.74 Å². The summed E-state index contributed by atoms with van der Waals surface area (Å²) in [5.41, 5.74) is 5.54. The fourth-order valence-corrected chi connectivity index (χ4v) is 4.26. The maximum Gasteiger partial charge on any atom is 0.321 e. The van der Waals surface area contributed by atoms with Gasteiger partial charge in [-0.1, -0.05) is 68.7 Å².